The lowest BCUT2D eigenvalue weighted by molar-refractivity contribution is -0.383. The molecule has 0 bridgehead atoms. The van der Waals surface area contributed by atoms with Gasteiger partial charge < -0.3 is 16.2 Å². The maximum atomic E-state index is 10.8. The number of nitrogens with one attached hydrogen (secondary N) is 1. The average Bonchev–Trinajstić information content (AvgIpc) is 2.33. The van der Waals surface area contributed by atoms with Gasteiger partial charge in [0.2, 0.25) is 11.6 Å². The fourth-order valence-corrected chi connectivity index (χ4v) is 1.45. The van der Waals surface area contributed by atoms with E-state index in [1.54, 1.807) is 0 Å². The molecule has 8 nitrogen and oxygen atoms in total. The van der Waals surface area contributed by atoms with Crippen molar-refractivity contribution in [2.45, 2.75) is 19.8 Å². The van der Waals surface area contributed by atoms with E-state index in [1.165, 1.54) is 6.33 Å². The fraction of sp³-hybridized carbons (Fsp3) is 0.600. The highest BCUT2D eigenvalue weighted by atomic mass is 16.6. The van der Waals surface area contributed by atoms with Crippen LogP contribution in [0.1, 0.15) is 19.8 Å². The van der Waals surface area contributed by atoms with E-state index in [9.17, 15) is 10.1 Å². The third kappa shape index (κ3) is 3.81. The molecule has 1 unspecified atom stereocenters. The molecule has 0 aliphatic carbocycles. The molecular formula is C10H17N5O3. The quantitative estimate of drug-likeness (QED) is 0.373. The van der Waals surface area contributed by atoms with Crippen LogP contribution in [0.25, 0.3) is 0 Å². The number of rotatable bonds is 7. The van der Waals surface area contributed by atoms with Crippen LogP contribution in [0.3, 0.4) is 0 Å². The topological polar surface area (TPSA) is 127 Å². The van der Waals surface area contributed by atoms with Gasteiger partial charge in [0.05, 0.1) is 4.92 Å². The summed E-state index contributed by atoms with van der Waals surface area (Å²) in [4.78, 5) is 17.6. The number of aliphatic hydroxyl groups is 1. The van der Waals surface area contributed by atoms with Gasteiger partial charge in [0.1, 0.15) is 6.33 Å². The molecule has 1 heterocycles. The van der Waals surface area contributed by atoms with Gasteiger partial charge in [-0.2, -0.15) is 0 Å². The molecular weight excluding hydrogens is 238 g/mol. The molecule has 18 heavy (non-hydrogen) atoms. The molecule has 0 fully saturated rings. The average molecular weight is 255 g/mol. The zero-order valence-corrected chi connectivity index (χ0v) is 10.2. The lowest BCUT2D eigenvalue weighted by Crippen LogP contribution is -2.10. The molecule has 0 aliphatic heterocycles. The van der Waals surface area contributed by atoms with Crippen molar-refractivity contribution >= 4 is 17.3 Å². The van der Waals surface area contributed by atoms with E-state index in [-0.39, 0.29) is 29.8 Å². The molecule has 8 heteroatoms. The molecule has 0 aromatic carbocycles. The number of nitro groups is 1. The smallest absolute Gasteiger partial charge is 0.352 e. The minimum atomic E-state index is -0.603. The largest absolute Gasteiger partial charge is 0.396 e. The summed E-state index contributed by atoms with van der Waals surface area (Å²) in [5.41, 5.74) is 5.13. The highest BCUT2D eigenvalue weighted by Gasteiger charge is 2.20. The molecule has 1 atom stereocenters. The van der Waals surface area contributed by atoms with Crippen LogP contribution in [0.2, 0.25) is 0 Å². The molecule has 0 spiro atoms. The molecule has 0 saturated carbocycles. The van der Waals surface area contributed by atoms with Gasteiger partial charge in [0.25, 0.3) is 0 Å². The third-order valence-corrected chi connectivity index (χ3v) is 2.51. The summed E-state index contributed by atoms with van der Waals surface area (Å²) in [6.07, 6.45) is 2.79. The second kappa shape index (κ2) is 6.70. The summed E-state index contributed by atoms with van der Waals surface area (Å²) in [5, 5.41) is 22.5. The maximum Gasteiger partial charge on any atom is 0.352 e. The Morgan fingerprint density at radius 2 is 2.33 bits per heavy atom. The number of hydrogen-bond acceptors (Lipinski definition) is 7. The van der Waals surface area contributed by atoms with E-state index in [1.807, 2.05) is 6.92 Å². The van der Waals surface area contributed by atoms with Crippen LogP contribution in [0.4, 0.5) is 17.3 Å². The number of anilines is 2. The van der Waals surface area contributed by atoms with Crippen LogP contribution in [0.15, 0.2) is 6.33 Å². The van der Waals surface area contributed by atoms with Crippen LogP contribution >= 0.6 is 0 Å². The van der Waals surface area contributed by atoms with Crippen LogP contribution in [0.5, 0.6) is 0 Å². The Morgan fingerprint density at radius 3 is 2.94 bits per heavy atom. The summed E-state index contributed by atoms with van der Waals surface area (Å²) < 4.78 is 0. The van der Waals surface area contributed by atoms with Crippen molar-refractivity contribution in [2.24, 2.45) is 5.92 Å². The number of nitrogens with two attached hydrogens (primary N) is 1. The Hall–Kier alpha value is -1.96. The van der Waals surface area contributed by atoms with Crippen molar-refractivity contribution in [2.75, 3.05) is 24.2 Å². The molecule has 100 valence electrons. The molecule has 1 aromatic heterocycles. The van der Waals surface area contributed by atoms with E-state index in [2.05, 4.69) is 15.3 Å². The molecule has 0 amide bonds. The summed E-state index contributed by atoms with van der Waals surface area (Å²) in [5.74, 6) is 0.197. The first-order valence-corrected chi connectivity index (χ1v) is 5.65. The van der Waals surface area contributed by atoms with Crippen LogP contribution in [-0.4, -0.2) is 33.1 Å². The molecule has 4 N–H and O–H groups in total. The SMILES string of the molecule is CC(CO)CCCNc1ncnc(N)c1[N+](=O)[O-]. The van der Waals surface area contributed by atoms with E-state index in [0.29, 0.717) is 6.54 Å². The Balaban J connectivity index is 2.57. The monoisotopic (exact) mass is 255 g/mol. The molecule has 1 rings (SSSR count). The van der Waals surface area contributed by atoms with Gasteiger partial charge in [-0.1, -0.05) is 6.92 Å². The van der Waals surface area contributed by atoms with Crippen molar-refractivity contribution in [1.29, 1.82) is 0 Å². The second-order valence-electron chi connectivity index (χ2n) is 4.07. The van der Waals surface area contributed by atoms with Crippen LogP contribution in [0, 0.1) is 16.0 Å². The molecule has 1 aromatic rings. The van der Waals surface area contributed by atoms with Crippen molar-refractivity contribution in [1.82, 2.24) is 9.97 Å². The van der Waals surface area contributed by atoms with Crippen molar-refractivity contribution < 1.29 is 10.0 Å². The van der Waals surface area contributed by atoms with Crippen LogP contribution in [-0.2, 0) is 0 Å². The zero-order chi connectivity index (χ0) is 13.5. The lowest BCUT2D eigenvalue weighted by Gasteiger charge is -2.09. The van der Waals surface area contributed by atoms with Gasteiger partial charge in [-0.15, -0.1) is 0 Å². The number of hydrogen-bond donors (Lipinski definition) is 3. The van der Waals surface area contributed by atoms with E-state index < -0.39 is 4.92 Å². The standard InChI is InChI=1S/C10H17N5O3/c1-7(5-16)3-2-4-12-10-8(15(17)18)9(11)13-6-14-10/h6-7,16H,2-5H2,1H3,(H3,11,12,13,14). The van der Waals surface area contributed by atoms with E-state index >= 15 is 0 Å². The zero-order valence-electron chi connectivity index (χ0n) is 10.2. The first-order valence-electron chi connectivity index (χ1n) is 5.65. The van der Waals surface area contributed by atoms with Gasteiger partial charge in [-0.3, -0.25) is 10.1 Å². The third-order valence-electron chi connectivity index (χ3n) is 2.51. The van der Waals surface area contributed by atoms with E-state index in [0.717, 1.165) is 12.8 Å². The Kier molecular flexibility index (Phi) is 5.25. The summed E-state index contributed by atoms with van der Waals surface area (Å²) in [7, 11) is 0. The first-order chi connectivity index (χ1) is 8.56. The Morgan fingerprint density at radius 1 is 1.61 bits per heavy atom. The highest BCUT2D eigenvalue weighted by Crippen LogP contribution is 2.26. The van der Waals surface area contributed by atoms with Gasteiger partial charge in [0.15, 0.2) is 0 Å². The second-order valence-corrected chi connectivity index (χ2v) is 4.07. The number of nitrogen functional groups attached to an aromatic ring is 1. The normalized spacial score (nSPS) is 12.1. The molecule has 0 saturated heterocycles. The highest BCUT2D eigenvalue weighted by molar-refractivity contribution is 5.67. The van der Waals surface area contributed by atoms with Crippen molar-refractivity contribution in [3.8, 4) is 0 Å². The predicted molar refractivity (Wildman–Crippen MR) is 67.1 cm³/mol. The Labute approximate surface area is 104 Å². The summed E-state index contributed by atoms with van der Waals surface area (Å²) in [6, 6.07) is 0. The fourth-order valence-electron chi connectivity index (χ4n) is 1.45. The lowest BCUT2D eigenvalue weighted by atomic mass is 10.1. The number of aromatic nitrogens is 2. The van der Waals surface area contributed by atoms with Crippen LogP contribution < -0.4 is 11.1 Å². The van der Waals surface area contributed by atoms with Gasteiger partial charge in [-0.25, -0.2) is 9.97 Å². The minimum absolute atomic E-state index is 0.129. The summed E-state index contributed by atoms with van der Waals surface area (Å²) >= 11 is 0. The van der Waals surface area contributed by atoms with Crippen molar-refractivity contribution in [3.63, 3.8) is 0 Å². The maximum absolute atomic E-state index is 10.8. The molecule has 0 radical (unpaired) electrons. The number of aliphatic hydroxyl groups excluding tert-OH is 1. The summed E-state index contributed by atoms with van der Waals surface area (Å²) in [6.45, 7) is 2.60. The van der Waals surface area contributed by atoms with Crippen molar-refractivity contribution in [3.05, 3.63) is 16.4 Å². The number of nitrogens with zero attached hydrogens (tertiary/aromatic N) is 3. The minimum Gasteiger partial charge on any atom is -0.396 e. The van der Waals surface area contributed by atoms with E-state index in [4.69, 9.17) is 10.8 Å². The predicted octanol–water partition coefficient (Wildman–Crippen LogP) is 0.788. The molecule has 0 aliphatic rings. The Bertz CT molecular complexity index is 412. The van der Waals surface area contributed by atoms with Gasteiger partial charge >= 0.3 is 5.69 Å². The van der Waals surface area contributed by atoms with Gasteiger partial charge in [0, 0.05) is 13.2 Å². The first kappa shape index (κ1) is 14.1. The van der Waals surface area contributed by atoms with Gasteiger partial charge in [-0.05, 0) is 18.8 Å².